The summed E-state index contributed by atoms with van der Waals surface area (Å²) in [5.41, 5.74) is 7.14. The first kappa shape index (κ1) is 17.7. The third kappa shape index (κ3) is 5.06. The summed E-state index contributed by atoms with van der Waals surface area (Å²) in [4.78, 5) is 11.8. The average Bonchev–Trinajstić information content (AvgIpc) is 2.34. The van der Waals surface area contributed by atoms with Crippen molar-refractivity contribution in [1.82, 2.24) is 0 Å². The Balaban J connectivity index is 0.00000324. The second kappa shape index (κ2) is 8.74. The number of aryl methyl sites for hydroxylation is 1. The zero-order chi connectivity index (χ0) is 13.5. The summed E-state index contributed by atoms with van der Waals surface area (Å²) in [6.07, 6.45) is -0.652. The molecule has 1 aromatic carbocycles. The van der Waals surface area contributed by atoms with Crippen LogP contribution < -0.4 is 15.8 Å². The first-order valence-corrected chi connectivity index (χ1v) is 5.89. The molecular formula is C13H21ClN2O3. The van der Waals surface area contributed by atoms with E-state index in [2.05, 4.69) is 5.32 Å². The summed E-state index contributed by atoms with van der Waals surface area (Å²) in [7, 11) is 1.45. The predicted octanol–water partition coefficient (Wildman–Crippen LogP) is 1.73. The maximum absolute atomic E-state index is 11.8. The lowest BCUT2D eigenvalue weighted by molar-refractivity contribution is -0.125. The molecule has 0 aliphatic heterocycles. The van der Waals surface area contributed by atoms with E-state index < -0.39 is 6.10 Å². The number of nitrogens with two attached hydrogens (primary N) is 1. The molecule has 0 spiro atoms. The maximum Gasteiger partial charge on any atom is 0.254 e. The van der Waals surface area contributed by atoms with Crippen LogP contribution >= 0.6 is 12.4 Å². The van der Waals surface area contributed by atoms with Gasteiger partial charge in [-0.25, -0.2) is 0 Å². The minimum absolute atomic E-state index is 0. The molecular weight excluding hydrogens is 268 g/mol. The summed E-state index contributed by atoms with van der Waals surface area (Å²) in [6.45, 7) is 4.53. The van der Waals surface area contributed by atoms with Crippen molar-refractivity contribution in [2.75, 3.05) is 25.6 Å². The zero-order valence-electron chi connectivity index (χ0n) is 11.4. The van der Waals surface area contributed by atoms with Crippen molar-refractivity contribution < 1.29 is 14.3 Å². The lowest BCUT2D eigenvalue weighted by Crippen LogP contribution is -2.36. The van der Waals surface area contributed by atoms with Crippen LogP contribution in [0.2, 0.25) is 0 Å². The van der Waals surface area contributed by atoms with Gasteiger partial charge in [0.15, 0.2) is 0 Å². The topological polar surface area (TPSA) is 73.6 Å². The highest BCUT2D eigenvalue weighted by atomic mass is 35.5. The molecule has 3 N–H and O–H groups in total. The number of amides is 1. The molecule has 0 radical (unpaired) electrons. The fourth-order valence-electron chi connectivity index (χ4n) is 1.53. The minimum Gasteiger partial charge on any atom is -0.492 e. The van der Waals surface area contributed by atoms with Crippen LogP contribution in [0.1, 0.15) is 12.5 Å². The van der Waals surface area contributed by atoms with Gasteiger partial charge >= 0.3 is 0 Å². The molecule has 0 aromatic heterocycles. The van der Waals surface area contributed by atoms with E-state index in [1.54, 1.807) is 0 Å². The largest absolute Gasteiger partial charge is 0.492 e. The fraction of sp³-hybridized carbons (Fsp3) is 0.462. The van der Waals surface area contributed by atoms with E-state index in [4.69, 9.17) is 15.2 Å². The van der Waals surface area contributed by atoms with Crippen LogP contribution in [0.4, 0.5) is 5.69 Å². The molecule has 0 heterocycles. The highest BCUT2D eigenvalue weighted by molar-refractivity contribution is 5.95. The minimum atomic E-state index is -0.652. The molecule has 1 rings (SSSR count). The van der Waals surface area contributed by atoms with Crippen molar-refractivity contribution in [2.45, 2.75) is 20.0 Å². The van der Waals surface area contributed by atoms with E-state index in [9.17, 15) is 4.79 Å². The summed E-state index contributed by atoms with van der Waals surface area (Å²) in [5.74, 6) is 0.377. The number of hydrogen-bond acceptors (Lipinski definition) is 4. The predicted molar refractivity (Wildman–Crippen MR) is 78.1 cm³/mol. The van der Waals surface area contributed by atoms with Gasteiger partial charge in [-0.1, -0.05) is 6.07 Å². The lowest BCUT2D eigenvalue weighted by atomic mass is 10.2. The van der Waals surface area contributed by atoms with Crippen LogP contribution in [-0.4, -0.2) is 32.3 Å². The summed E-state index contributed by atoms with van der Waals surface area (Å²) >= 11 is 0. The van der Waals surface area contributed by atoms with E-state index in [1.165, 1.54) is 7.11 Å². The van der Waals surface area contributed by atoms with Crippen LogP contribution in [0.3, 0.4) is 0 Å². The molecule has 1 atom stereocenters. The third-order valence-corrected chi connectivity index (χ3v) is 2.49. The van der Waals surface area contributed by atoms with Crippen molar-refractivity contribution in [3.63, 3.8) is 0 Å². The normalized spacial score (nSPS) is 11.4. The van der Waals surface area contributed by atoms with E-state index in [1.807, 2.05) is 32.0 Å². The van der Waals surface area contributed by atoms with E-state index >= 15 is 0 Å². The molecule has 0 fully saturated rings. The van der Waals surface area contributed by atoms with Crippen LogP contribution in [0, 0.1) is 6.92 Å². The average molecular weight is 289 g/mol. The number of rotatable bonds is 6. The van der Waals surface area contributed by atoms with E-state index in [-0.39, 0.29) is 24.9 Å². The quantitative estimate of drug-likeness (QED) is 0.836. The van der Waals surface area contributed by atoms with Crippen LogP contribution in [-0.2, 0) is 9.53 Å². The summed E-state index contributed by atoms with van der Waals surface area (Å²) < 4.78 is 10.5. The van der Waals surface area contributed by atoms with Gasteiger partial charge in [-0.2, -0.15) is 0 Å². The van der Waals surface area contributed by atoms with Crippen molar-refractivity contribution in [2.24, 2.45) is 5.73 Å². The molecule has 0 aliphatic rings. The Bertz CT molecular complexity index is 409. The number of methoxy groups -OCH3 is 1. The van der Waals surface area contributed by atoms with Crippen LogP contribution in [0.15, 0.2) is 18.2 Å². The molecule has 0 bridgehead atoms. The first-order chi connectivity index (χ1) is 8.62. The molecule has 0 aliphatic carbocycles. The van der Waals surface area contributed by atoms with Crippen molar-refractivity contribution >= 4 is 24.0 Å². The number of carbonyl (C=O) groups is 1. The Morgan fingerprint density at radius 3 is 2.68 bits per heavy atom. The van der Waals surface area contributed by atoms with Gasteiger partial charge in [0.2, 0.25) is 0 Å². The molecule has 19 heavy (non-hydrogen) atoms. The number of benzene rings is 1. The van der Waals surface area contributed by atoms with Crippen LogP contribution in [0.5, 0.6) is 5.75 Å². The van der Waals surface area contributed by atoms with Crippen molar-refractivity contribution in [3.05, 3.63) is 23.8 Å². The number of ether oxygens (including phenoxy) is 2. The Morgan fingerprint density at radius 2 is 2.16 bits per heavy atom. The monoisotopic (exact) mass is 288 g/mol. The number of hydrogen-bond donors (Lipinski definition) is 2. The van der Waals surface area contributed by atoms with Gasteiger partial charge in [0.25, 0.3) is 5.91 Å². The Labute approximate surface area is 119 Å². The maximum atomic E-state index is 11.8. The van der Waals surface area contributed by atoms with Crippen molar-refractivity contribution in [3.8, 4) is 5.75 Å². The molecule has 0 saturated heterocycles. The SMILES string of the molecule is CCOc1cc(C)ccc1NC(=O)C(CN)OC.Cl. The van der Waals surface area contributed by atoms with Gasteiger partial charge in [0, 0.05) is 13.7 Å². The van der Waals surface area contributed by atoms with Gasteiger partial charge < -0.3 is 20.5 Å². The third-order valence-electron chi connectivity index (χ3n) is 2.49. The molecule has 1 amide bonds. The number of halogens is 1. The highest BCUT2D eigenvalue weighted by Gasteiger charge is 2.17. The van der Waals surface area contributed by atoms with E-state index in [0.29, 0.717) is 18.0 Å². The zero-order valence-corrected chi connectivity index (χ0v) is 12.3. The summed E-state index contributed by atoms with van der Waals surface area (Å²) in [5, 5.41) is 2.76. The molecule has 1 unspecified atom stereocenters. The van der Waals surface area contributed by atoms with Gasteiger partial charge in [-0.3, -0.25) is 4.79 Å². The van der Waals surface area contributed by atoms with Gasteiger partial charge in [0.05, 0.1) is 12.3 Å². The molecule has 6 heteroatoms. The lowest BCUT2D eigenvalue weighted by Gasteiger charge is -2.16. The molecule has 1 aromatic rings. The van der Waals surface area contributed by atoms with Gasteiger partial charge in [0.1, 0.15) is 11.9 Å². The number of carbonyl (C=O) groups excluding carboxylic acids is 1. The van der Waals surface area contributed by atoms with Crippen molar-refractivity contribution in [1.29, 1.82) is 0 Å². The molecule has 5 nitrogen and oxygen atoms in total. The second-order valence-corrected chi connectivity index (χ2v) is 3.88. The van der Waals surface area contributed by atoms with E-state index in [0.717, 1.165) is 5.56 Å². The first-order valence-electron chi connectivity index (χ1n) is 5.89. The van der Waals surface area contributed by atoms with Gasteiger partial charge in [-0.05, 0) is 31.5 Å². The smallest absolute Gasteiger partial charge is 0.254 e. The standard InChI is InChI=1S/C13H20N2O3.ClH/c1-4-18-11-7-9(2)5-6-10(11)15-13(16)12(8-14)17-3;/h5-7,12H,4,8,14H2,1-3H3,(H,15,16);1H. The number of anilines is 1. The molecule has 0 saturated carbocycles. The Kier molecular flexibility index (Phi) is 8.14. The van der Waals surface area contributed by atoms with Gasteiger partial charge in [-0.15, -0.1) is 12.4 Å². The second-order valence-electron chi connectivity index (χ2n) is 3.88. The molecule has 108 valence electrons. The number of nitrogens with one attached hydrogen (secondary N) is 1. The Morgan fingerprint density at radius 1 is 1.47 bits per heavy atom. The summed E-state index contributed by atoms with van der Waals surface area (Å²) in [6, 6.07) is 5.59. The fourth-order valence-corrected chi connectivity index (χ4v) is 1.53. The highest BCUT2D eigenvalue weighted by Crippen LogP contribution is 2.25. The van der Waals surface area contributed by atoms with Crippen LogP contribution in [0.25, 0.3) is 0 Å². The Hall–Kier alpha value is -1.30.